The number of ether oxygens (including phenoxy) is 1. The van der Waals surface area contributed by atoms with Crippen LogP contribution in [-0.2, 0) is 0 Å². The van der Waals surface area contributed by atoms with Gasteiger partial charge in [0.15, 0.2) is 0 Å². The second-order valence-electron chi connectivity index (χ2n) is 4.15. The Kier molecular flexibility index (Phi) is 3.32. The van der Waals surface area contributed by atoms with Crippen LogP contribution in [0, 0.1) is 12.8 Å². The van der Waals surface area contributed by atoms with Gasteiger partial charge in [0.1, 0.15) is 12.4 Å². The highest BCUT2D eigenvalue weighted by Gasteiger charge is 2.30. The van der Waals surface area contributed by atoms with E-state index in [-0.39, 0.29) is 6.10 Å². The standard InChI is InChI=1S/C12H15BrO2/c1-8-2-5-10(13)12(6-8)15-7-11(14)9-3-4-9/h2,5-6,9,11,14H,3-4,7H2,1H3. The third-order valence-corrected chi connectivity index (χ3v) is 3.32. The molecule has 1 aromatic rings. The Hall–Kier alpha value is -0.540. The van der Waals surface area contributed by atoms with E-state index in [0.29, 0.717) is 12.5 Å². The number of aryl methyl sites for hydroxylation is 1. The molecule has 1 saturated carbocycles. The molecule has 82 valence electrons. The van der Waals surface area contributed by atoms with Crippen molar-refractivity contribution >= 4 is 15.9 Å². The van der Waals surface area contributed by atoms with Crippen LogP contribution in [-0.4, -0.2) is 17.8 Å². The molecule has 15 heavy (non-hydrogen) atoms. The minimum atomic E-state index is -0.308. The molecule has 2 nitrogen and oxygen atoms in total. The first-order valence-electron chi connectivity index (χ1n) is 5.24. The van der Waals surface area contributed by atoms with Crippen molar-refractivity contribution in [1.29, 1.82) is 0 Å². The van der Waals surface area contributed by atoms with Gasteiger partial charge < -0.3 is 9.84 Å². The number of rotatable bonds is 4. The molecule has 1 aromatic carbocycles. The van der Waals surface area contributed by atoms with Crippen LogP contribution >= 0.6 is 15.9 Å². The predicted molar refractivity (Wildman–Crippen MR) is 63.1 cm³/mol. The Balaban J connectivity index is 1.94. The van der Waals surface area contributed by atoms with Crippen molar-refractivity contribution in [3.8, 4) is 5.75 Å². The zero-order chi connectivity index (χ0) is 10.8. The molecular formula is C12H15BrO2. The van der Waals surface area contributed by atoms with Gasteiger partial charge in [0, 0.05) is 0 Å². The number of benzene rings is 1. The van der Waals surface area contributed by atoms with E-state index in [9.17, 15) is 5.11 Å². The van der Waals surface area contributed by atoms with Crippen molar-refractivity contribution < 1.29 is 9.84 Å². The normalized spacial score (nSPS) is 17.5. The molecule has 1 unspecified atom stereocenters. The lowest BCUT2D eigenvalue weighted by Crippen LogP contribution is -2.19. The first kappa shape index (κ1) is 11.0. The summed E-state index contributed by atoms with van der Waals surface area (Å²) >= 11 is 3.43. The van der Waals surface area contributed by atoms with Gasteiger partial charge in [-0.2, -0.15) is 0 Å². The molecule has 0 radical (unpaired) electrons. The highest BCUT2D eigenvalue weighted by atomic mass is 79.9. The van der Waals surface area contributed by atoms with Crippen LogP contribution in [0.1, 0.15) is 18.4 Å². The Labute approximate surface area is 98.4 Å². The minimum absolute atomic E-state index is 0.308. The SMILES string of the molecule is Cc1ccc(Br)c(OCC(O)C2CC2)c1. The van der Waals surface area contributed by atoms with Gasteiger partial charge in [0.2, 0.25) is 0 Å². The first-order chi connectivity index (χ1) is 7.16. The van der Waals surface area contributed by atoms with Gasteiger partial charge in [0.25, 0.3) is 0 Å². The molecule has 0 amide bonds. The second-order valence-corrected chi connectivity index (χ2v) is 5.00. The van der Waals surface area contributed by atoms with E-state index >= 15 is 0 Å². The molecule has 0 heterocycles. The summed E-state index contributed by atoms with van der Waals surface area (Å²) in [5.74, 6) is 1.28. The smallest absolute Gasteiger partial charge is 0.133 e. The summed E-state index contributed by atoms with van der Waals surface area (Å²) in [6.45, 7) is 2.42. The number of hydrogen-bond donors (Lipinski definition) is 1. The maximum atomic E-state index is 9.67. The average molecular weight is 271 g/mol. The van der Waals surface area contributed by atoms with Crippen molar-refractivity contribution in [2.75, 3.05) is 6.61 Å². The third-order valence-electron chi connectivity index (χ3n) is 2.66. The molecule has 0 spiro atoms. The summed E-state index contributed by atoms with van der Waals surface area (Å²) in [4.78, 5) is 0. The molecular weight excluding hydrogens is 256 g/mol. The van der Waals surface area contributed by atoms with Crippen molar-refractivity contribution in [3.05, 3.63) is 28.2 Å². The van der Waals surface area contributed by atoms with Gasteiger partial charge in [-0.05, 0) is 59.3 Å². The van der Waals surface area contributed by atoms with Crippen LogP contribution in [0.3, 0.4) is 0 Å². The van der Waals surface area contributed by atoms with Crippen molar-refractivity contribution in [2.45, 2.75) is 25.9 Å². The van der Waals surface area contributed by atoms with Crippen molar-refractivity contribution in [3.63, 3.8) is 0 Å². The van der Waals surface area contributed by atoms with E-state index < -0.39 is 0 Å². The molecule has 3 heteroatoms. The second kappa shape index (κ2) is 4.54. The van der Waals surface area contributed by atoms with Crippen LogP contribution in [0.4, 0.5) is 0 Å². The van der Waals surface area contributed by atoms with E-state index in [2.05, 4.69) is 15.9 Å². The van der Waals surface area contributed by atoms with Gasteiger partial charge in [-0.1, -0.05) is 6.07 Å². The monoisotopic (exact) mass is 270 g/mol. The molecule has 1 atom stereocenters. The van der Waals surface area contributed by atoms with E-state index in [1.54, 1.807) is 0 Å². The fourth-order valence-electron chi connectivity index (χ4n) is 1.51. The molecule has 0 aromatic heterocycles. The lowest BCUT2D eigenvalue weighted by atomic mass is 10.2. The molecule has 0 bridgehead atoms. The number of aliphatic hydroxyl groups is 1. The zero-order valence-electron chi connectivity index (χ0n) is 8.74. The third kappa shape index (κ3) is 2.95. The largest absolute Gasteiger partial charge is 0.490 e. The minimum Gasteiger partial charge on any atom is -0.490 e. The highest BCUT2D eigenvalue weighted by Crippen LogP contribution is 2.33. The first-order valence-corrected chi connectivity index (χ1v) is 6.03. The van der Waals surface area contributed by atoms with Crippen LogP contribution < -0.4 is 4.74 Å². The number of halogens is 1. The molecule has 0 aliphatic heterocycles. The van der Waals surface area contributed by atoms with Crippen LogP contribution in [0.5, 0.6) is 5.75 Å². The van der Waals surface area contributed by atoms with Crippen LogP contribution in [0.25, 0.3) is 0 Å². The molecule has 0 saturated heterocycles. The summed E-state index contributed by atoms with van der Waals surface area (Å²) in [6.07, 6.45) is 1.97. The van der Waals surface area contributed by atoms with Gasteiger partial charge in [-0.25, -0.2) is 0 Å². The summed E-state index contributed by atoms with van der Waals surface area (Å²) in [7, 11) is 0. The maximum Gasteiger partial charge on any atom is 0.133 e. The molecule has 1 aliphatic rings. The number of hydrogen-bond acceptors (Lipinski definition) is 2. The lowest BCUT2D eigenvalue weighted by Gasteiger charge is -2.12. The van der Waals surface area contributed by atoms with Crippen LogP contribution in [0.15, 0.2) is 22.7 Å². The van der Waals surface area contributed by atoms with Crippen molar-refractivity contribution in [2.24, 2.45) is 5.92 Å². The Morgan fingerprint density at radius 2 is 2.27 bits per heavy atom. The fourth-order valence-corrected chi connectivity index (χ4v) is 1.87. The lowest BCUT2D eigenvalue weighted by molar-refractivity contribution is 0.0890. The Morgan fingerprint density at radius 1 is 1.53 bits per heavy atom. The average Bonchev–Trinajstić information content (AvgIpc) is 3.02. The number of aliphatic hydroxyl groups excluding tert-OH is 1. The van der Waals surface area contributed by atoms with Crippen LogP contribution in [0.2, 0.25) is 0 Å². The van der Waals surface area contributed by atoms with E-state index in [4.69, 9.17) is 4.74 Å². The molecule has 1 aliphatic carbocycles. The topological polar surface area (TPSA) is 29.5 Å². The van der Waals surface area contributed by atoms with E-state index in [1.165, 1.54) is 0 Å². The summed E-state index contributed by atoms with van der Waals surface area (Å²) in [6, 6.07) is 5.96. The zero-order valence-corrected chi connectivity index (χ0v) is 10.3. The summed E-state index contributed by atoms with van der Waals surface area (Å²) in [5, 5.41) is 9.67. The van der Waals surface area contributed by atoms with Gasteiger partial charge in [0.05, 0.1) is 10.6 Å². The van der Waals surface area contributed by atoms with Crippen molar-refractivity contribution in [1.82, 2.24) is 0 Å². The van der Waals surface area contributed by atoms with Gasteiger partial charge in [-0.15, -0.1) is 0 Å². The summed E-state index contributed by atoms with van der Waals surface area (Å²) in [5.41, 5.74) is 1.16. The fraction of sp³-hybridized carbons (Fsp3) is 0.500. The molecule has 1 fully saturated rings. The van der Waals surface area contributed by atoms with E-state index in [0.717, 1.165) is 28.6 Å². The molecule has 1 N–H and O–H groups in total. The summed E-state index contributed by atoms with van der Waals surface area (Å²) < 4.78 is 6.52. The quantitative estimate of drug-likeness (QED) is 0.912. The Bertz CT molecular complexity index is 347. The van der Waals surface area contributed by atoms with Gasteiger partial charge in [-0.3, -0.25) is 0 Å². The van der Waals surface area contributed by atoms with E-state index in [1.807, 2.05) is 25.1 Å². The Morgan fingerprint density at radius 3 is 2.93 bits per heavy atom. The maximum absolute atomic E-state index is 9.67. The highest BCUT2D eigenvalue weighted by molar-refractivity contribution is 9.10. The van der Waals surface area contributed by atoms with Gasteiger partial charge >= 0.3 is 0 Å². The predicted octanol–water partition coefficient (Wildman–Crippen LogP) is 2.91. The molecule has 2 rings (SSSR count).